The molecule has 0 aromatic heterocycles. The average Bonchev–Trinajstić information content (AvgIpc) is 2.79. The summed E-state index contributed by atoms with van der Waals surface area (Å²) in [5.74, 6) is -0.178. The normalized spacial score (nSPS) is 14.5. The number of hydrogen-bond donors (Lipinski definition) is 1. The van der Waals surface area contributed by atoms with Gasteiger partial charge in [-0.3, -0.25) is 0 Å². The third-order valence-corrected chi connectivity index (χ3v) is 4.25. The third kappa shape index (κ3) is 4.32. The molecule has 1 aliphatic rings. The average molecular weight is 349 g/mol. The second kappa shape index (κ2) is 9.76. The minimum absolute atomic E-state index is 0.178. The van der Waals surface area contributed by atoms with Crippen molar-refractivity contribution in [3.05, 3.63) is 82.0 Å². The standard InChI is InChI=1S/C20H16FN.2C2H6/c21-18-10-9-14-5-6-16-8-7-15-3-1-2-4-19(15)20(16)13-22-12-17(14)11-18;2*1-2/h1-4,6-11,13,22H,5,12H2;2*1-2H3/b16-6-,20-13+;;. The van der Waals surface area contributed by atoms with Gasteiger partial charge in [-0.25, -0.2) is 4.39 Å². The molecule has 0 saturated heterocycles. The summed E-state index contributed by atoms with van der Waals surface area (Å²) < 4.78 is 13.5. The number of hydrogen-bond acceptors (Lipinski definition) is 1. The highest BCUT2D eigenvalue weighted by Gasteiger charge is 2.05. The lowest BCUT2D eigenvalue weighted by atomic mass is 10.0. The molecule has 136 valence electrons. The summed E-state index contributed by atoms with van der Waals surface area (Å²) in [6, 6.07) is 17.7. The Balaban J connectivity index is 0.000000570. The van der Waals surface area contributed by atoms with Gasteiger partial charge in [0.1, 0.15) is 5.82 Å². The molecule has 0 aliphatic carbocycles. The van der Waals surface area contributed by atoms with Crippen molar-refractivity contribution in [1.82, 2.24) is 5.32 Å². The van der Waals surface area contributed by atoms with Gasteiger partial charge in [0, 0.05) is 18.0 Å². The predicted octanol–water partition coefficient (Wildman–Crippen LogP) is 4.90. The molecule has 1 nitrogen and oxygen atoms in total. The first-order valence-corrected chi connectivity index (χ1v) is 9.50. The van der Waals surface area contributed by atoms with Crippen LogP contribution in [-0.4, -0.2) is 0 Å². The van der Waals surface area contributed by atoms with Crippen LogP contribution in [0.5, 0.6) is 0 Å². The van der Waals surface area contributed by atoms with Crippen LogP contribution in [0.25, 0.3) is 23.0 Å². The molecule has 0 fully saturated rings. The SMILES string of the molecule is CC.CC.Fc1ccc2c(c1)CN/C=c1\c(ccc3ccccc13)=C/C2. The number of benzene rings is 3. The molecule has 0 amide bonds. The van der Waals surface area contributed by atoms with Crippen LogP contribution in [0.4, 0.5) is 4.39 Å². The predicted molar refractivity (Wildman–Crippen MR) is 112 cm³/mol. The molecule has 0 spiro atoms. The molecule has 3 aromatic rings. The fourth-order valence-electron chi connectivity index (χ4n) is 3.09. The number of fused-ring (bicyclic) bond motifs is 4. The fourth-order valence-corrected chi connectivity index (χ4v) is 3.09. The lowest BCUT2D eigenvalue weighted by Gasteiger charge is -2.07. The molecule has 4 rings (SSSR count). The third-order valence-electron chi connectivity index (χ3n) is 4.25. The van der Waals surface area contributed by atoms with Crippen molar-refractivity contribution in [2.75, 3.05) is 0 Å². The zero-order valence-electron chi connectivity index (χ0n) is 16.1. The van der Waals surface area contributed by atoms with Crippen molar-refractivity contribution < 1.29 is 4.39 Å². The lowest BCUT2D eigenvalue weighted by Crippen LogP contribution is -2.27. The van der Waals surface area contributed by atoms with Crippen LogP contribution in [0.1, 0.15) is 38.8 Å². The Morgan fingerprint density at radius 3 is 2.42 bits per heavy atom. The molecule has 2 heteroatoms. The van der Waals surface area contributed by atoms with Crippen molar-refractivity contribution in [2.24, 2.45) is 0 Å². The van der Waals surface area contributed by atoms with E-state index in [4.69, 9.17) is 0 Å². The van der Waals surface area contributed by atoms with Crippen LogP contribution in [0.15, 0.2) is 54.6 Å². The number of nitrogens with one attached hydrogen (secondary N) is 1. The maximum absolute atomic E-state index is 13.5. The maximum Gasteiger partial charge on any atom is 0.123 e. The van der Waals surface area contributed by atoms with Crippen LogP contribution in [0, 0.1) is 5.82 Å². The monoisotopic (exact) mass is 349 g/mol. The first-order valence-electron chi connectivity index (χ1n) is 9.50. The van der Waals surface area contributed by atoms with Gasteiger partial charge in [0.2, 0.25) is 0 Å². The first kappa shape index (κ1) is 19.7. The van der Waals surface area contributed by atoms with Crippen molar-refractivity contribution >= 4 is 23.0 Å². The van der Waals surface area contributed by atoms with E-state index in [9.17, 15) is 4.39 Å². The highest BCUT2D eigenvalue weighted by molar-refractivity contribution is 5.83. The van der Waals surface area contributed by atoms with Gasteiger partial charge < -0.3 is 5.32 Å². The van der Waals surface area contributed by atoms with Crippen LogP contribution < -0.4 is 15.8 Å². The minimum Gasteiger partial charge on any atom is -0.386 e. The summed E-state index contributed by atoms with van der Waals surface area (Å²) in [6.07, 6.45) is 5.09. The van der Waals surface area contributed by atoms with E-state index in [1.54, 1.807) is 6.07 Å². The van der Waals surface area contributed by atoms with Gasteiger partial charge in [-0.05, 0) is 45.7 Å². The Morgan fingerprint density at radius 1 is 0.846 bits per heavy atom. The van der Waals surface area contributed by atoms with Gasteiger partial charge in [-0.2, -0.15) is 0 Å². The van der Waals surface area contributed by atoms with Crippen LogP contribution in [-0.2, 0) is 13.0 Å². The Labute approximate surface area is 155 Å². The van der Waals surface area contributed by atoms with Crippen molar-refractivity contribution in [1.29, 1.82) is 0 Å². The molecule has 1 heterocycles. The molecule has 0 atom stereocenters. The van der Waals surface area contributed by atoms with Crippen LogP contribution >= 0.6 is 0 Å². The summed E-state index contributed by atoms with van der Waals surface area (Å²) >= 11 is 0. The smallest absolute Gasteiger partial charge is 0.123 e. The summed E-state index contributed by atoms with van der Waals surface area (Å²) in [5, 5.41) is 8.23. The number of rotatable bonds is 0. The zero-order chi connectivity index (χ0) is 18.9. The van der Waals surface area contributed by atoms with E-state index in [1.165, 1.54) is 32.8 Å². The molecule has 0 saturated carbocycles. The minimum atomic E-state index is -0.178. The summed E-state index contributed by atoms with van der Waals surface area (Å²) in [7, 11) is 0. The highest BCUT2D eigenvalue weighted by Crippen LogP contribution is 2.13. The molecular formula is C24H28FN. The first-order chi connectivity index (χ1) is 12.8. The Bertz CT molecular complexity index is 973. The number of halogens is 1. The second-order valence-electron chi connectivity index (χ2n) is 5.64. The molecular weight excluding hydrogens is 321 g/mol. The Kier molecular flexibility index (Phi) is 7.40. The van der Waals surface area contributed by atoms with E-state index in [0.717, 1.165) is 12.0 Å². The van der Waals surface area contributed by atoms with Crippen molar-refractivity contribution in [2.45, 2.75) is 40.7 Å². The van der Waals surface area contributed by atoms with E-state index in [0.29, 0.717) is 6.54 Å². The summed E-state index contributed by atoms with van der Waals surface area (Å²) in [5.41, 5.74) is 2.19. The molecule has 1 N–H and O–H groups in total. The van der Waals surface area contributed by atoms with Gasteiger partial charge in [-0.1, -0.05) is 76.2 Å². The van der Waals surface area contributed by atoms with E-state index < -0.39 is 0 Å². The van der Waals surface area contributed by atoms with Gasteiger partial charge in [0.05, 0.1) is 0 Å². The van der Waals surface area contributed by atoms with Gasteiger partial charge >= 0.3 is 0 Å². The van der Waals surface area contributed by atoms with Gasteiger partial charge in [-0.15, -0.1) is 0 Å². The molecule has 1 aliphatic heterocycles. The fraction of sp³-hybridized carbons (Fsp3) is 0.250. The Morgan fingerprint density at radius 2 is 1.62 bits per heavy atom. The second-order valence-corrected chi connectivity index (χ2v) is 5.64. The van der Waals surface area contributed by atoms with Gasteiger partial charge in [0.15, 0.2) is 0 Å². The largest absolute Gasteiger partial charge is 0.386 e. The van der Waals surface area contributed by atoms with Crippen LogP contribution in [0.2, 0.25) is 0 Å². The van der Waals surface area contributed by atoms with Crippen molar-refractivity contribution in [3.63, 3.8) is 0 Å². The van der Waals surface area contributed by atoms with E-state index >= 15 is 0 Å². The molecule has 0 bridgehead atoms. The molecule has 0 radical (unpaired) electrons. The van der Waals surface area contributed by atoms with Crippen LogP contribution in [0.3, 0.4) is 0 Å². The summed E-state index contributed by atoms with van der Waals surface area (Å²) in [4.78, 5) is 0. The van der Waals surface area contributed by atoms with E-state index in [2.05, 4.69) is 47.8 Å². The topological polar surface area (TPSA) is 12.0 Å². The quantitative estimate of drug-likeness (QED) is 0.609. The van der Waals surface area contributed by atoms with Gasteiger partial charge in [0.25, 0.3) is 0 Å². The summed E-state index contributed by atoms with van der Waals surface area (Å²) in [6.45, 7) is 8.64. The highest BCUT2D eigenvalue weighted by atomic mass is 19.1. The Hall–Kier alpha value is -2.61. The molecule has 26 heavy (non-hydrogen) atoms. The maximum atomic E-state index is 13.5. The lowest BCUT2D eigenvalue weighted by molar-refractivity contribution is 0.623. The zero-order valence-corrected chi connectivity index (χ0v) is 16.1. The van der Waals surface area contributed by atoms with E-state index in [1.807, 2.05) is 40.0 Å². The van der Waals surface area contributed by atoms with Crippen molar-refractivity contribution in [3.8, 4) is 0 Å². The molecule has 0 unspecified atom stereocenters. The van der Waals surface area contributed by atoms with E-state index in [-0.39, 0.29) is 5.82 Å². The molecule has 3 aromatic carbocycles.